The predicted octanol–water partition coefficient (Wildman–Crippen LogP) is 4.15. The van der Waals surface area contributed by atoms with Crippen molar-refractivity contribution in [3.05, 3.63) is 71.8 Å². The number of benzene rings is 2. The van der Waals surface area contributed by atoms with Crippen molar-refractivity contribution in [1.29, 1.82) is 0 Å². The molecule has 4 rings (SSSR count). The van der Waals surface area contributed by atoms with Gasteiger partial charge in [0, 0.05) is 10.8 Å². The van der Waals surface area contributed by atoms with E-state index in [9.17, 15) is 0 Å². The van der Waals surface area contributed by atoms with Crippen LogP contribution in [0.4, 0.5) is 0 Å². The van der Waals surface area contributed by atoms with Crippen LogP contribution in [0.15, 0.2) is 60.7 Å². The number of hydrogen-bond acceptors (Lipinski definition) is 4. The van der Waals surface area contributed by atoms with Gasteiger partial charge in [0.25, 0.3) is 0 Å². The Labute approximate surface area is 174 Å². The Morgan fingerprint density at radius 2 is 1.56 bits per heavy atom. The summed E-state index contributed by atoms with van der Waals surface area (Å²) in [4.78, 5) is 0. The van der Waals surface area contributed by atoms with Crippen LogP contribution in [0.25, 0.3) is 0 Å². The molecule has 144 valence electrons. The zero-order valence-electron chi connectivity index (χ0n) is 15.2. The van der Waals surface area contributed by atoms with Crippen LogP contribution < -0.4 is 0 Å². The second-order valence-corrected chi connectivity index (χ2v) is 7.97. The highest BCUT2D eigenvalue weighted by molar-refractivity contribution is 14.1. The van der Waals surface area contributed by atoms with Crippen LogP contribution in [0.1, 0.15) is 17.5 Å². The van der Waals surface area contributed by atoms with E-state index in [0.29, 0.717) is 19.8 Å². The molecule has 0 aromatic heterocycles. The number of alkyl halides is 1. The number of hydrogen-bond donors (Lipinski definition) is 0. The Bertz CT molecular complexity index is 696. The first kappa shape index (κ1) is 19.3. The smallest absolute Gasteiger partial charge is 0.115 e. The summed E-state index contributed by atoms with van der Waals surface area (Å²) in [5.74, 6) is 0. The summed E-state index contributed by atoms with van der Waals surface area (Å²) in [6, 6.07) is 20.5. The molecule has 0 unspecified atom stereocenters. The Hall–Kier alpha value is -0.990. The molecule has 0 N–H and O–H groups in total. The molecule has 0 aliphatic carbocycles. The molecule has 0 radical (unpaired) electrons. The predicted molar refractivity (Wildman–Crippen MR) is 112 cm³/mol. The van der Waals surface area contributed by atoms with Crippen molar-refractivity contribution in [2.75, 3.05) is 11.0 Å². The summed E-state index contributed by atoms with van der Waals surface area (Å²) in [5, 5.41) is 0. The molecule has 5 atom stereocenters. The number of halogens is 1. The van der Waals surface area contributed by atoms with Gasteiger partial charge in [-0.05, 0) is 11.1 Å². The van der Waals surface area contributed by atoms with Gasteiger partial charge in [0.05, 0.1) is 32.0 Å². The summed E-state index contributed by atoms with van der Waals surface area (Å²) in [7, 11) is 0. The minimum absolute atomic E-state index is 0.00111. The van der Waals surface area contributed by atoms with Gasteiger partial charge in [-0.25, -0.2) is 0 Å². The third-order valence-corrected chi connectivity index (χ3v) is 6.08. The summed E-state index contributed by atoms with van der Waals surface area (Å²) >= 11 is 2.38. The van der Waals surface area contributed by atoms with Crippen molar-refractivity contribution in [1.82, 2.24) is 0 Å². The highest BCUT2D eigenvalue weighted by Gasteiger charge is 2.51. The molecule has 0 amide bonds. The topological polar surface area (TPSA) is 36.9 Å². The van der Waals surface area contributed by atoms with Crippen molar-refractivity contribution < 1.29 is 18.9 Å². The van der Waals surface area contributed by atoms with Gasteiger partial charge in [0.15, 0.2) is 0 Å². The van der Waals surface area contributed by atoms with Gasteiger partial charge in [0.2, 0.25) is 0 Å². The lowest BCUT2D eigenvalue weighted by Gasteiger charge is -2.24. The molecule has 4 nitrogen and oxygen atoms in total. The van der Waals surface area contributed by atoms with E-state index >= 15 is 0 Å². The molecule has 2 fully saturated rings. The van der Waals surface area contributed by atoms with Crippen LogP contribution in [-0.2, 0) is 32.2 Å². The Balaban J connectivity index is 1.36. The molecule has 2 heterocycles. The third kappa shape index (κ3) is 4.90. The lowest BCUT2D eigenvalue weighted by atomic mass is 10.1. The van der Waals surface area contributed by atoms with Gasteiger partial charge >= 0.3 is 0 Å². The Morgan fingerprint density at radius 3 is 2.22 bits per heavy atom. The second kappa shape index (κ2) is 9.47. The van der Waals surface area contributed by atoms with E-state index in [2.05, 4.69) is 46.9 Å². The molecular weight excluding hydrogens is 455 g/mol. The summed E-state index contributed by atoms with van der Waals surface area (Å²) in [5.41, 5.74) is 2.33. The second-order valence-electron chi connectivity index (χ2n) is 7.09. The highest BCUT2D eigenvalue weighted by Crippen LogP contribution is 2.37. The zero-order chi connectivity index (χ0) is 18.5. The highest BCUT2D eigenvalue weighted by atomic mass is 127. The molecule has 2 aromatic carbocycles. The molecule has 2 saturated heterocycles. The monoisotopic (exact) mass is 480 g/mol. The largest absolute Gasteiger partial charge is 0.374 e. The third-order valence-electron chi connectivity index (χ3n) is 5.10. The number of fused-ring (bicyclic) bond motifs is 1. The van der Waals surface area contributed by atoms with Gasteiger partial charge < -0.3 is 18.9 Å². The average Bonchev–Trinajstić information content (AvgIpc) is 3.25. The first-order valence-corrected chi connectivity index (χ1v) is 11.0. The van der Waals surface area contributed by atoms with Gasteiger partial charge in [-0.3, -0.25) is 0 Å². The van der Waals surface area contributed by atoms with Crippen LogP contribution in [0.3, 0.4) is 0 Å². The number of rotatable bonds is 8. The maximum atomic E-state index is 6.28. The van der Waals surface area contributed by atoms with Crippen LogP contribution in [-0.4, -0.2) is 41.6 Å². The lowest BCUT2D eigenvalue weighted by molar-refractivity contribution is -0.0984. The van der Waals surface area contributed by atoms with E-state index in [1.807, 2.05) is 36.4 Å². The first-order valence-electron chi connectivity index (χ1n) is 9.47. The van der Waals surface area contributed by atoms with Crippen LogP contribution in [0.5, 0.6) is 0 Å². The van der Waals surface area contributed by atoms with Gasteiger partial charge in [-0.1, -0.05) is 83.3 Å². The van der Waals surface area contributed by atoms with Crippen molar-refractivity contribution in [2.45, 2.75) is 50.2 Å². The van der Waals surface area contributed by atoms with E-state index in [1.165, 1.54) is 5.56 Å². The molecule has 5 heteroatoms. The van der Waals surface area contributed by atoms with E-state index in [1.54, 1.807) is 0 Å². The van der Waals surface area contributed by atoms with E-state index < -0.39 is 0 Å². The summed E-state index contributed by atoms with van der Waals surface area (Å²) in [6.07, 6.45) is 1.11. The number of ether oxygens (including phenoxy) is 4. The maximum Gasteiger partial charge on any atom is 0.115 e. The summed E-state index contributed by atoms with van der Waals surface area (Å²) < 4.78 is 25.7. The van der Waals surface area contributed by atoms with E-state index in [0.717, 1.165) is 16.4 Å². The van der Waals surface area contributed by atoms with Crippen LogP contribution >= 0.6 is 22.6 Å². The molecular formula is C22H25IO4. The fourth-order valence-electron chi connectivity index (χ4n) is 3.76. The molecule has 0 bridgehead atoms. The molecule has 27 heavy (non-hydrogen) atoms. The molecule has 2 aliphatic rings. The minimum atomic E-state index is -0.0982. The van der Waals surface area contributed by atoms with Gasteiger partial charge in [-0.2, -0.15) is 0 Å². The van der Waals surface area contributed by atoms with Crippen LogP contribution in [0, 0.1) is 0 Å². The fourth-order valence-corrected chi connectivity index (χ4v) is 4.33. The van der Waals surface area contributed by atoms with Gasteiger partial charge in [-0.15, -0.1) is 0 Å². The van der Waals surface area contributed by atoms with Crippen molar-refractivity contribution in [2.24, 2.45) is 0 Å². The zero-order valence-corrected chi connectivity index (χ0v) is 17.4. The molecule has 2 aromatic rings. The Morgan fingerprint density at radius 1 is 0.889 bits per heavy atom. The lowest BCUT2D eigenvalue weighted by Crippen LogP contribution is -2.37. The first-order chi connectivity index (χ1) is 13.3. The fraction of sp³-hybridized carbons (Fsp3) is 0.455. The normalized spacial score (nSPS) is 29.7. The van der Waals surface area contributed by atoms with Crippen molar-refractivity contribution in [3.63, 3.8) is 0 Å². The standard InChI is InChI=1S/C22H25IO4/c23-12-18-11-19-22(26-18)21(25-14-17-9-5-2-6-10-17)20(27-19)15-24-13-16-7-3-1-4-8-16/h1-10,18-22H,11-15H2/t18-,19+,20-,21-,22-/m1/s1. The quantitative estimate of drug-likeness (QED) is 0.421. The van der Waals surface area contributed by atoms with E-state index in [-0.39, 0.29) is 30.5 Å². The molecule has 0 spiro atoms. The summed E-state index contributed by atoms with van der Waals surface area (Å²) in [6.45, 7) is 1.66. The van der Waals surface area contributed by atoms with Crippen LogP contribution in [0.2, 0.25) is 0 Å². The maximum absolute atomic E-state index is 6.28. The van der Waals surface area contributed by atoms with Crippen molar-refractivity contribution in [3.8, 4) is 0 Å². The van der Waals surface area contributed by atoms with Gasteiger partial charge in [0.1, 0.15) is 18.3 Å². The Kier molecular flexibility index (Phi) is 6.78. The molecule has 2 aliphatic heterocycles. The minimum Gasteiger partial charge on any atom is -0.374 e. The molecule has 0 saturated carbocycles. The SMILES string of the molecule is IC[C@H]1C[C@@H]2O[C@H](COCc3ccccc3)[C@@H](OCc3ccccc3)[C@@H]2O1. The average molecular weight is 480 g/mol. The van der Waals surface area contributed by atoms with Crippen molar-refractivity contribution >= 4 is 22.6 Å². The van der Waals surface area contributed by atoms with E-state index in [4.69, 9.17) is 18.9 Å².